The molecule has 192 valence electrons. The molecule has 5 N–H and O–H groups in total. The first kappa shape index (κ1) is 27.0. The summed E-state index contributed by atoms with van der Waals surface area (Å²) >= 11 is 3.21. The number of hydrogen-bond acceptors (Lipinski definition) is 6. The SMILES string of the molecule is NC(=O)c1c(F)ccc(OC(CCC(O)CO)C2NC(C3=CCC(C(F)(F)F)C=C3)=C(Br)O2)c1F. The molecular formula is C22H22BrF5N2O5. The van der Waals surface area contributed by atoms with Gasteiger partial charge in [0, 0.05) is 0 Å². The number of hydrogen-bond donors (Lipinski definition) is 4. The van der Waals surface area contributed by atoms with Crippen molar-refractivity contribution in [3.8, 4) is 5.75 Å². The lowest BCUT2D eigenvalue weighted by atomic mass is 9.95. The molecule has 1 heterocycles. The fourth-order valence-corrected chi connectivity index (χ4v) is 4.09. The van der Waals surface area contributed by atoms with Gasteiger partial charge in [-0.15, -0.1) is 0 Å². The lowest BCUT2D eigenvalue weighted by Gasteiger charge is -2.26. The maximum absolute atomic E-state index is 14.7. The van der Waals surface area contributed by atoms with E-state index in [4.69, 9.17) is 20.3 Å². The second-order valence-corrected chi connectivity index (χ2v) is 8.62. The van der Waals surface area contributed by atoms with Gasteiger partial charge in [0.15, 0.2) is 22.3 Å². The summed E-state index contributed by atoms with van der Waals surface area (Å²) in [5, 5.41) is 21.8. The molecule has 35 heavy (non-hydrogen) atoms. The van der Waals surface area contributed by atoms with Crippen molar-refractivity contribution in [2.45, 2.75) is 43.9 Å². The van der Waals surface area contributed by atoms with Gasteiger partial charge in [0.2, 0.25) is 6.23 Å². The van der Waals surface area contributed by atoms with Gasteiger partial charge >= 0.3 is 6.18 Å². The summed E-state index contributed by atoms with van der Waals surface area (Å²) in [5.74, 6) is -5.96. The molecule has 0 aromatic heterocycles. The Balaban J connectivity index is 1.81. The molecule has 1 aliphatic heterocycles. The van der Waals surface area contributed by atoms with E-state index in [0.717, 1.165) is 18.2 Å². The topological polar surface area (TPSA) is 114 Å². The van der Waals surface area contributed by atoms with Crippen LogP contribution in [0, 0.1) is 17.6 Å². The minimum Gasteiger partial charge on any atom is -0.481 e. The zero-order valence-corrected chi connectivity index (χ0v) is 19.6. The van der Waals surface area contributed by atoms with Gasteiger partial charge in [0.1, 0.15) is 11.4 Å². The number of aliphatic hydroxyl groups is 2. The van der Waals surface area contributed by atoms with Crippen molar-refractivity contribution in [2.24, 2.45) is 11.7 Å². The zero-order valence-electron chi connectivity index (χ0n) is 18.0. The summed E-state index contributed by atoms with van der Waals surface area (Å²) in [6.45, 7) is -0.548. The Kier molecular flexibility index (Phi) is 8.44. The normalized spacial score (nSPS) is 21.8. The minimum atomic E-state index is -4.37. The van der Waals surface area contributed by atoms with Gasteiger partial charge in [0.25, 0.3) is 5.91 Å². The second-order valence-electron chi connectivity index (χ2n) is 7.90. The van der Waals surface area contributed by atoms with Gasteiger partial charge in [-0.25, -0.2) is 8.78 Å². The van der Waals surface area contributed by atoms with Crippen LogP contribution in [0.2, 0.25) is 0 Å². The van der Waals surface area contributed by atoms with Crippen LogP contribution >= 0.6 is 15.9 Å². The predicted octanol–water partition coefficient (Wildman–Crippen LogP) is 3.52. The average molecular weight is 569 g/mol. The highest BCUT2D eigenvalue weighted by Crippen LogP contribution is 2.37. The van der Waals surface area contributed by atoms with E-state index in [0.29, 0.717) is 11.3 Å². The number of primary amides is 1. The Morgan fingerprint density at radius 3 is 2.60 bits per heavy atom. The number of benzene rings is 1. The molecule has 7 nitrogen and oxygen atoms in total. The van der Waals surface area contributed by atoms with Crippen molar-refractivity contribution in [3.63, 3.8) is 0 Å². The van der Waals surface area contributed by atoms with Crippen LogP contribution in [-0.2, 0) is 4.74 Å². The number of halogens is 6. The largest absolute Gasteiger partial charge is 0.481 e. The van der Waals surface area contributed by atoms with E-state index >= 15 is 0 Å². The van der Waals surface area contributed by atoms with Crippen molar-refractivity contribution in [2.75, 3.05) is 6.61 Å². The van der Waals surface area contributed by atoms with Crippen LogP contribution in [-0.4, -0.2) is 47.3 Å². The van der Waals surface area contributed by atoms with Crippen LogP contribution in [0.5, 0.6) is 5.75 Å². The van der Waals surface area contributed by atoms with Crippen LogP contribution in [0.4, 0.5) is 22.0 Å². The maximum Gasteiger partial charge on any atom is 0.395 e. The van der Waals surface area contributed by atoms with E-state index in [9.17, 15) is 31.9 Å². The smallest absolute Gasteiger partial charge is 0.395 e. The quantitative estimate of drug-likeness (QED) is 0.339. The fourth-order valence-electron chi connectivity index (χ4n) is 3.55. The highest BCUT2D eigenvalue weighted by molar-refractivity contribution is 9.11. The number of ether oxygens (including phenoxy) is 2. The van der Waals surface area contributed by atoms with Crippen LogP contribution in [0.25, 0.3) is 0 Å². The van der Waals surface area contributed by atoms with Gasteiger partial charge in [-0.3, -0.25) is 4.79 Å². The van der Waals surface area contributed by atoms with Crippen molar-refractivity contribution in [3.05, 3.63) is 63.5 Å². The summed E-state index contributed by atoms with van der Waals surface area (Å²) in [4.78, 5) is 11.4. The predicted molar refractivity (Wildman–Crippen MR) is 117 cm³/mol. The molecule has 0 saturated carbocycles. The van der Waals surface area contributed by atoms with Crippen LogP contribution < -0.4 is 15.8 Å². The molecule has 4 atom stereocenters. The number of carbonyl (C=O) groups excluding carboxylic acids is 1. The highest BCUT2D eigenvalue weighted by Gasteiger charge is 2.39. The van der Waals surface area contributed by atoms with Gasteiger partial charge in [-0.1, -0.05) is 18.2 Å². The first-order chi connectivity index (χ1) is 16.4. The maximum atomic E-state index is 14.7. The third-order valence-electron chi connectivity index (χ3n) is 5.44. The van der Waals surface area contributed by atoms with Crippen molar-refractivity contribution in [1.82, 2.24) is 5.32 Å². The van der Waals surface area contributed by atoms with E-state index in [-0.39, 0.29) is 23.9 Å². The van der Waals surface area contributed by atoms with Gasteiger partial charge in [0.05, 0.1) is 24.3 Å². The van der Waals surface area contributed by atoms with E-state index in [2.05, 4.69) is 21.2 Å². The van der Waals surface area contributed by atoms with E-state index in [1.807, 2.05) is 0 Å². The number of allylic oxidation sites excluding steroid dienone is 3. The Labute approximate surface area is 205 Å². The molecule has 13 heteroatoms. The Hall–Kier alpha value is -2.64. The Morgan fingerprint density at radius 2 is 2.03 bits per heavy atom. The fraction of sp³-hybridized carbons (Fsp3) is 0.409. The van der Waals surface area contributed by atoms with E-state index in [1.165, 1.54) is 12.2 Å². The second kappa shape index (κ2) is 11.0. The van der Waals surface area contributed by atoms with Gasteiger partial charge in [-0.05, 0) is 52.9 Å². The summed E-state index contributed by atoms with van der Waals surface area (Å²) in [6, 6.07) is 1.75. The summed E-state index contributed by atoms with van der Waals surface area (Å²) < 4.78 is 78.9. The first-order valence-corrected chi connectivity index (χ1v) is 11.2. The molecule has 3 rings (SSSR count). The molecule has 0 radical (unpaired) electrons. The number of alkyl halides is 3. The number of nitrogens with one attached hydrogen (secondary N) is 1. The third kappa shape index (κ3) is 6.33. The number of nitrogens with two attached hydrogens (primary N) is 1. The number of carbonyl (C=O) groups is 1. The number of rotatable bonds is 9. The minimum absolute atomic E-state index is 0.000704. The van der Waals surface area contributed by atoms with Crippen LogP contribution in [0.1, 0.15) is 29.6 Å². The first-order valence-electron chi connectivity index (χ1n) is 10.4. The molecule has 0 bridgehead atoms. The van der Waals surface area contributed by atoms with Gasteiger partial charge in [-0.2, -0.15) is 13.2 Å². The van der Waals surface area contributed by atoms with Crippen LogP contribution in [0.15, 0.2) is 46.3 Å². The summed E-state index contributed by atoms with van der Waals surface area (Å²) in [7, 11) is 0. The van der Waals surface area contributed by atoms with Crippen LogP contribution in [0.3, 0.4) is 0 Å². The number of aliphatic hydroxyl groups excluding tert-OH is 2. The lowest BCUT2D eigenvalue weighted by molar-refractivity contribution is -0.160. The zero-order chi connectivity index (χ0) is 25.9. The Morgan fingerprint density at radius 1 is 1.31 bits per heavy atom. The van der Waals surface area contributed by atoms with Crippen molar-refractivity contribution >= 4 is 21.8 Å². The molecule has 2 aliphatic rings. The summed E-state index contributed by atoms with van der Waals surface area (Å²) in [6.07, 6.45) is -4.15. The molecule has 1 amide bonds. The molecule has 0 saturated heterocycles. The molecule has 0 spiro atoms. The van der Waals surface area contributed by atoms with E-state index < -0.39 is 66.0 Å². The molecular weight excluding hydrogens is 547 g/mol. The standard InChI is InChI=1S/C22H22BrF5N2O5/c23-19-18(10-1-3-11(4-2-10)22(26,27)28)30-21(35-19)15(7-5-12(32)9-31)34-14-8-6-13(24)16(17(14)25)20(29)33/h1-3,6,8,11-12,15,21,30-32H,4-5,7,9H2,(H2,29,33). The van der Waals surface area contributed by atoms with Crippen molar-refractivity contribution in [1.29, 1.82) is 0 Å². The lowest BCUT2D eigenvalue weighted by Crippen LogP contribution is -2.41. The highest BCUT2D eigenvalue weighted by atomic mass is 79.9. The molecule has 1 aromatic rings. The third-order valence-corrected chi connectivity index (χ3v) is 6.02. The number of amides is 1. The van der Waals surface area contributed by atoms with Gasteiger partial charge < -0.3 is 30.7 Å². The van der Waals surface area contributed by atoms with Crippen molar-refractivity contribution < 1.29 is 46.4 Å². The monoisotopic (exact) mass is 568 g/mol. The molecule has 1 aromatic carbocycles. The molecule has 4 unspecified atom stereocenters. The molecule has 1 aliphatic carbocycles. The van der Waals surface area contributed by atoms with E-state index in [1.54, 1.807) is 0 Å². The average Bonchev–Trinajstić information content (AvgIpc) is 3.18. The Bertz CT molecular complexity index is 1060. The molecule has 0 fully saturated rings. The summed E-state index contributed by atoms with van der Waals surface area (Å²) in [5.41, 5.74) is 4.78.